The van der Waals surface area contributed by atoms with Crippen molar-refractivity contribution in [2.24, 2.45) is 0 Å². The van der Waals surface area contributed by atoms with Gasteiger partial charge in [-0.15, -0.1) is 5.10 Å². The van der Waals surface area contributed by atoms with Crippen LogP contribution in [-0.4, -0.2) is 33.4 Å². The summed E-state index contributed by atoms with van der Waals surface area (Å²) in [5.41, 5.74) is 1.51. The zero-order valence-corrected chi connectivity index (χ0v) is 24.9. The molecule has 12 heteroatoms. The number of carboxylic acid groups (broad SMARTS) is 1. The molecular weight excluding hydrogens is 747 g/mol. The van der Waals surface area contributed by atoms with Crippen LogP contribution in [0.4, 0.5) is 4.39 Å². The maximum absolute atomic E-state index is 14.1. The summed E-state index contributed by atoms with van der Waals surface area (Å²) in [7, 11) is 1.53. The van der Waals surface area contributed by atoms with Gasteiger partial charge in [0, 0.05) is 19.7 Å². The van der Waals surface area contributed by atoms with Crippen LogP contribution in [0.25, 0.3) is 17.5 Å². The molecule has 1 aromatic heterocycles. The van der Waals surface area contributed by atoms with Gasteiger partial charge in [0.25, 0.3) is 0 Å². The van der Waals surface area contributed by atoms with E-state index in [4.69, 9.17) is 21.1 Å². The molecule has 0 fully saturated rings. The Morgan fingerprint density at radius 3 is 2.73 bits per heavy atom. The monoisotopic (exact) mass is 763 g/mol. The molecule has 0 atom stereocenters. The van der Waals surface area contributed by atoms with Gasteiger partial charge < -0.3 is 14.6 Å². The molecule has 3 aromatic carbocycles. The van der Waals surface area contributed by atoms with E-state index in [1.54, 1.807) is 42.5 Å². The number of halogens is 4. The smallest absolute Gasteiger partial charge is 0.342 e. The molecule has 0 aliphatic carbocycles. The number of H-pyrrole nitrogens is 1. The second kappa shape index (κ2) is 12.5. The number of nitrogens with one attached hydrogen (secondary N) is 1. The molecule has 0 amide bonds. The van der Waals surface area contributed by atoms with Crippen LogP contribution < -0.4 is 9.47 Å². The van der Waals surface area contributed by atoms with Gasteiger partial charge in [0.15, 0.2) is 5.82 Å². The highest BCUT2D eigenvalue weighted by Crippen LogP contribution is 2.35. The number of ether oxygens (including phenoxy) is 2. The van der Waals surface area contributed by atoms with Gasteiger partial charge in [-0.2, -0.15) is 0 Å². The minimum Gasteiger partial charge on any atom is -0.496 e. The number of hydrogen-bond acceptors (Lipinski definition) is 6. The van der Waals surface area contributed by atoms with Crippen LogP contribution in [0.5, 0.6) is 11.5 Å². The van der Waals surface area contributed by atoms with E-state index in [1.165, 1.54) is 19.3 Å². The highest BCUT2D eigenvalue weighted by Gasteiger charge is 2.19. The van der Waals surface area contributed by atoms with Crippen molar-refractivity contribution in [1.29, 1.82) is 0 Å². The van der Waals surface area contributed by atoms with E-state index in [9.17, 15) is 14.3 Å². The van der Waals surface area contributed by atoms with Crippen LogP contribution >= 0.6 is 68.5 Å². The maximum Gasteiger partial charge on any atom is 0.342 e. The quantitative estimate of drug-likeness (QED) is 0.105. The minimum atomic E-state index is -1.16. The first-order chi connectivity index (χ1) is 17.7. The van der Waals surface area contributed by atoms with Gasteiger partial charge in [-0.25, -0.2) is 14.2 Å². The van der Waals surface area contributed by atoms with Crippen molar-refractivity contribution in [3.8, 4) is 22.9 Å². The molecule has 0 aliphatic rings. The molecule has 2 N–H and O–H groups in total. The lowest BCUT2D eigenvalue weighted by Gasteiger charge is -2.13. The number of rotatable bonds is 9. The Hall–Kier alpha value is -2.36. The molecule has 0 aliphatic heterocycles. The first kappa shape index (κ1) is 27.7. The molecule has 37 heavy (non-hydrogen) atoms. The summed E-state index contributed by atoms with van der Waals surface area (Å²) in [6, 6.07) is 15.1. The fourth-order valence-corrected chi connectivity index (χ4v) is 6.17. The third-order valence-corrected chi connectivity index (χ3v) is 7.48. The zero-order chi connectivity index (χ0) is 26.5. The van der Waals surface area contributed by atoms with Crippen LogP contribution in [0.2, 0.25) is 5.02 Å². The summed E-state index contributed by atoms with van der Waals surface area (Å²) in [6.45, 7) is -0.00853. The number of benzene rings is 3. The van der Waals surface area contributed by atoms with E-state index in [1.807, 2.05) is 6.07 Å². The molecule has 0 spiro atoms. The number of aromatic nitrogens is 3. The predicted molar refractivity (Wildman–Crippen MR) is 157 cm³/mol. The Labute approximate surface area is 248 Å². The number of hydrogen-bond donors (Lipinski definition) is 2. The summed E-state index contributed by atoms with van der Waals surface area (Å²) in [5, 5.41) is 17.6. The molecule has 4 aromatic rings. The molecule has 0 saturated heterocycles. The first-order valence-electron chi connectivity index (χ1n) is 10.5. The van der Waals surface area contributed by atoms with Gasteiger partial charge in [-0.3, -0.25) is 5.10 Å². The predicted octanol–water partition coefficient (Wildman–Crippen LogP) is 7.28. The van der Waals surface area contributed by atoms with Gasteiger partial charge in [-0.1, -0.05) is 29.8 Å². The number of carboxylic acids is 1. The number of aliphatic carboxylic acids is 1. The third kappa shape index (κ3) is 6.94. The van der Waals surface area contributed by atoms with Gasteiger partial charge >= 0.3 is 5.97 Å². The Morgan fingerprint density at radius 2 is 2.00 bits per heavy atom. The second-order valence-electron chi connectivity index (χ2n) is 7.41. The SMILES string of the molecule is COc1ccc(Cl)cc1-c1nc(S/C(=C\c2cc(I)cc(I)c2OCc2ccccc2F)C(=O)O)n[nH]1. The summed E-state index contributed by atoms with van der Waals surface area (Å²) >= 11 is 11.2. The lowest BCUT2D eigenvalue weighted by Crippen LogP contribution is -2.03. The molecule has 0 bridgehead atoms. The van der Waals surface area contributed by atoms with E-state index in [2.05, 4.69) is 60.4 Å². The summed E-state index contributed by atoms with van der Waals surface area (Å²) in [5.74, 6) is -0.173. The van der Waals surface area contributed by atoms with E-state index in [0.29, 0.717) is 39.0 Å². The van der Waals surface area contributed by atoms with Crippen LogP contribution in [0.15, 0.2) is 64.7 Å². The van der Waals surface area contributed by atoms with Crippen molar-refractivity contribution in [3.63, 3.8) is 0 Å². The Bertz CT molecular complexity index is 1500. The summed E-state index contributed by atoms with van der Waals surface area (Å²) < 4.78 is 27.1. The number of methoxy groups -OCH3 is 1. The van der Waals surface area contributed by atoms with Crippen molar-refractivity contribution in [2.75, 3.05) is 7.11 Å². The molecular formula is C25H17ClFI2N3O4S. The molecule has 0 saturated carbocycles. The van der Waals surface area contributed by atoms with Crippen LogP contribution in [0.3, 0.4) is 0 Å². The second-order valence-corrected chi connectivity index (χ2v) is 11.3. The number of thioether (sulfide) groups is 1. The average Bonchev–Trinajstić information content (AvgIpc) is 3.32. The van der Waals surface area contributed by atoms with Gasteiger partial charge in [0.1, 0.15) is 28.8 Å². The Morgan fingerprint density at radius 1 is 1.22 bits per heavy atom. The van der Waals surface area contributed by atoms with Crippen molar-refractivity contribution in [1.82, 2.24) is 15.2 Å². The van der Waals surface area contributed by atoms with E-state index in [-0.39, 0.29) is 22.5 Å². The molecule has 4 rings (SSSR count). The average molecular weight is 764 g/mol. The van der Waals surface area contributed by atoms with Gasteiger partial charge in [0.2, 0.25) is 5.16 Å². The standard InChI is InChI=1S/C25H17ClFI2N3O4S/c1-35-20-7-6-15(26)10-17(20)23-30-25(32-31-23)37-21(24(33)34)9-14-8-16(28)11-19(29)22(14)36-12-13-4-2-3-5-18(13)27/h2-11H,12H2,1H3,(H,33,34)(H,30,31,32)/b21-9-. The van der Waals surface area contributed by atoms with E-state index < -0.39 is 5.97 Å². The first-order valence-corrected chi connectivity index (χ1v) is 13.8. The number of aromatic amines is 1. The largest absolute Gasteiger partial charge is 0.496 e. The molecule has 0 radical (unpaired) electrons. The lowest BCUT2D eigenvalue weighted by atomic mass is 10.2. The molecule has 190 valence electrons. The lowest BCUT2D eigenvalue weighted by molar-refractivity contribution is -0.131. The summed E-state index contributed by atoms with van der Waals surface area (Å²) in [6.07, 6.45) is 1.49. The fourth-order valence-electron chi connectivity index (χ4n) is 3.26. The van der Waals surface area contributed by atoms with Gasteiger partial charge in [-0.05, 0) is 99.4 Å². The van der Waals surface area contributed by atoms with Gasteiger partial charge in [0.05, 0.1) is 16.2 Å². The highest BCUT2D eigenvalue weighted by atomic mass is 127. The number of carbonyl (C=O) groups is 1. The third-order valence-electron chi connectivity index (χ3n) is 4.95. The topological polar surface area (TPSA) is 97.3 Å². The van der Waals surface area contributed by atoms with Crippen molar-refractivity contribution < 1.29 is 23.8 Å². The highest BCUT2D eigenvalue weighted by molar-refractivity contribution is 14.1. The molecule has 7 nitrogen and oxygen atoms in total. The zero-order valence-electron chi connectivity index (χ0n) is 19.0. The molecule has 1 heterocycles. The Kier molecular flexibility index (Phi) is 9.31. The summed E-state index contributed by atoms with van der Waals surface area (Å²) in [4.78, 5) is 16.5. The van der Waals surface area contributed by atoms with Crippen molar-refractivity contribution in [3.05, 3.63) is 88.6 Å². The normalized spacial score (nSPS) is 11.4. The van der Waals surface area contributed by atoms with E-state index >= 15 is 0 Å². The van der Waals surface area contributed by atoms with E-state index in [0.717, 1.165) is 18.9 Å². The maximum atomic E-state index is 14.1. The van der Waals surface area contributed by atoms with Crippen LogP contribution in [-0.2, 0) is 11.4 Å². The number of nitrogens with zero attached hydrogens (tertiary/aromatic N) is 2. The Balaban J connectivity index is 1.65. The van der Waals surface area contributed by atoms with Crippen molar-refractivity contribution >= 4 is 80.6 Å². The van der Waals surface area contributed by atoms with Crippen LogP contribution in [0.1, 0.15) is 11.1 Å². The fraction of sp³-hybridized carbons (Fsp3) is 0.0800. The van der Waals surface area contributed by atoms with Crippen molar-refractivity contribution in [2.45, 2.75) is 11.8 Å². The van der Waals surface area contributed by atoms with Crippen LogP contribution in [0, 0.1) is 13.0 Å². The minimum absolute atomic E-state index is 0.00853. The molecule has 0 unspecified atom stereocenters.